The van der Waals surface area contributed by atoms with Crippen LogP contribution in [0.15, 0.2) is 47.9 Å². The number of hydrogen-bond donors (Lipinski definition) is 1. The Labute approximate surface area is 178 Å². The third-order valence-electron chi connectivity index (χ3n) is 4.81. The summed E-state index contributed by atoms with van der Waals surface area (Å²) in [6, 6.07) is 6.65. The maximum absolute atomic E-state index is 12.1. The Balaban J connectivity index is 1.71. The fraction of sp³-hybridized carbons (Fsp3) is 0.458. The molecule has 0 radical (unpaired) electrons. The molecule has 30 heavy (non-hydrogen) atoms. The van der Waals surface area contributed by atoms with Gasteiger partial charge in [0.1, 0.15) is 11.3 Å². The van der Waals surface area contributed by atoms with Gasteiger partial charge in [-0.1, -0.05) is 51.9 Å². The van der Waals surface area contributed by atoms with E-state index in [1.54, 1.807) is 31.2 Å². The summed E-state index contributed by atoms with van der Waals surface area (Å²) >= 11 is 0. The van der Waals surface area contributed by atoms with Crippen LogP contribution in [0, 0.1) is 0 Å². The van der Waals surface area contributed by atoms with E-state index in [-0.39, 0.29) is 17.3 Å². The molecule has 0 spiro atoms. The van der Waals surface area contributed by atoms with Gasteiger partial charge in [-0.15, -0.1) is 0 Å². The van der Waals surface area contributed by atoms with Crippen molar-refractivity contribution in [2.75, 3.05) is 11.9 Å². The molecule has 0 saturated carbocycles. The lowest BCUT2D eigenvalue weighted by molar-refractivity contribution is -0.137. The minimum atomic E-state index is -0.686. The molecule has 0 unspecified atom stereocenters. The highest BCUT2D eigenvalue weighted by molar-refractivity contribution is 6.23. The SMILES string of the molecule is CCCCCCCCCCOC(=O)c1ccc(NC=C2C(=O)C=C(C)OC2=O)cc1. The maximum atomic E-state index is 12.1. The molecule has 0 amide bonds. The van der Waals surface area contributed by atoms with Gasteiger partial charge < -0.3 is 14.8 Å². The summed E-state index contributed by atoms with van der Waals surface area (Å²) in [5.74, 6) is -1.17. The summed E-state index contributed by atoms with van der Waals surface area (Å²) in [7, 11) is 0. The molecule has 1 aromatic carbocycles. The highest BCUT2D eigenvalue weighted by Gasteiger charge is 2.23. The maximum Gasteiger partial charge on any atom is 0.348 e. The lowest BCUT2D eigenvalue weighted by atomic mass is 10.1. The lowest BCUT2D eigenvalue weighted by Crippen LogP contribution is -2.20. The molecule has 6 nitrogen and oxygen atoms in total. The molecular formula is C24H31NO5. The first-order valence-electron chi connectivity index (χ1n) is 10.7. The summed E-state index contributed by atoms with van der Waals surface area (Å²) in [4.78, 5) is 35.7. The second-order valence-corrected chi connectivity index (χ2v) is 7.40. The van der Waals surface area contributed by atoms with Crippen LogP contribution in [0.2, 0.25) is 0 Å². The highest BCUT2D eigenvalue weighted by atomic mass is 16.5. The number of carbonyl (C=O) groups is 3. The number of hydrogen-bond acceptors (Lipinski definition) is 6. The van der Waals surface area contributed by atoms with Crippen molar-refractivity contribution in [2.24, 2.45) is 0 Å². The van der Waals surface area contributed by atoms with Gasteiger partial charge in [-0.3, -0.25) is 4.79 Å². The molecule has 0 aliphatic carbocycles. The number of cyclic esters (lactones) is 1. The molecule has 1 aliphatic rings. The average Bonchev–Trinajstić information content (AvgIpc) is 2.72. The molecule has 0 atom stereocenters. The number of benzene rings is 1. The number of ether oxygens (including phenoxy) is 2. The second-order valence-electron chi connectivity index (χ2n) is 7.40. The number of carbonyl (C=O) groups excluding carboxylic acids is 3. The first-order chi connectivity index (χ1) is 14.5. The Kier molecular flexibility index (Phi) is 9.84. The molecule has 1 aromatic rings. The number of unbranched alkanes of at least 4 members (excludes halogenated alkanes) is 7. The van der Waals surface area contributed by atoms with E-state index in [1.807, 2.05) is 0 Å². The van der Waals surface area contributed by atoms with Gasteiger partial charge in [0, 0.05) is 18.0 Å². The second kappa shape index (κ2) is 12.6. The molecule has 6 heteroatoms. The van der Waals surface area contributed by atoms with E-state index in [4.69, 9.17) is 9.47 Å². The Morgan fingerprint density at radius 2 is 1.63 bits per heavy atom. The zero-order chi connectivity index (χ0) is 21.8. The van der Waals surface area contributed by atoms with E-state index < -0.39 is 11.8 Å². The number of rotatable bonds is 12. The van der Waals surface area contributed by atoms with E-state index in [0.717, 1.165) is 12.8 Å². The van der Waals surface area contributed by atoms with Crippen LogP contribution in [0.1, 0.15) is 75.6 Å². The van der Waals surface area contributed by atoms with Crippen molar-refractivity contribution in [3.63, 3.8) is 0 Å². The molecular weight excluding hydrogens is 382 g/mol. The summed E-state index contributed by atoms with van der Waals surface area (Å²) in [6.45, 7) is 4.19. The largest absolute Gasteiger partial charge is 0.462 e. The first kappa shape index (κ1) is 23.4. The standard InChI is InChI=1S/C24H31NO5/c1-3-4-5-6-7-8-9-10-15-29-23(27)19-11-13-20(14-12-19)25-17-21-22(26)16-18(2)30-24(21)28/h11-14,16-17,25H,3-10,15H2,1-2H3. The number of allylic oxidation sites excluding steroid dienone is 2. The third kappa shape index (κ3) is 7.85. The Morgan fingerprint density at radius 3 is 2.27 bits per heavy atom. The molecule has 1 N–H and O–H groups in total. The van der Waals surface area contributed by atoms with E-state index >= 15 is 0 Å². The van der Waals surface area contributed by atoms with Crippen LogP contribution in [0.5, 0.6) is 0 Å². The summed E-state index contributed by atoms with van der Waals surface area (Å²) < 4.78 is 10.2. The number of ketones is 1. The molecule has 0 bridgehead atoms. The van der Waals surface area contributed by atoms with Crippen molar-refractivity contribution < 1.29 is 23.9 Å². The van der Waals surface area contributed by atoms with Crippen LogP contribution < -0.4 is 5.32 Å². The van der Waals surface area contributed by atoms with Crippen molar-refractivity contribution in [2.45, 2.75) is 65.2 Å². The molecule has 2 rings (SSSR count). The predicted molar refractivity (Wildman–Crippen MR) is 116 cm³/mol. The minimum Gasteiger partial charge on any atom is -0.462 e. The van der Waals surface area contributed by atoms with Crippen molar-refractivity contribution in [1.82, 2.24) is 0 Å². The molecule has 0 saturated heterocycles. The van der Waals surface area contributed by atoms with Crippen molar-refractivity contribution in [1.29, 1.82) is 0 Å². The third-order valence-corrected chi connectivity index (χ3v) is 4.81. The minimum absolute atomic E-state index is 0.0746. The highest BCUT2D eigenvalue weighted by Crippen LogP contribution is 2.16. The topological polar surface area (TPSA) is 81.7 Å². The lowest BCUT2D eigenvalue weighted by Gasteiger charge is -2.12. The fourth-order valence-electron chi connectivity index (χ4n) is 3.07. The quantitative estimate of drug-likeness (QED) is 0.216. The smallest absolute Gasteiger partial charge is 0.348 e. The van der Waals surface area contributed by atoms with Crippen LogP contribution >= 0.6 is 0 Å². The summed E-state index contributed by atoms with van der Waals surface area (Å²) in [5.41, 5.74) is 1.02. The molecule has 162 valence electrons. The van der Waals surface area contributed by atoms with Gasteiger partial charge in [0.2, 0.25) is 0 Å². The monoisotopic (exact) mass is 413 g/mol. The van der Waals surface area contributed by atoms with E-state index in [0.29, 0.717) is 17.9 Å². The van der Waals surface area contributed by atoms with Crippen molar-refractivity contribution >= 4 is 23.4 Å². The van der Waals surface area contributed by atoms with E-state index in [1.165, 1.54) is 50.8 Å². The molecule has 1 heterocycles. The van der Waals surface area contributed by atoms with Gasteiger partial charge in [0.15, 0.2) is 5.78 Å². The average molecular weight is 414 g/mol. The Bertz CT molecular complexity index is 792. The van der Waals surface area contributed by atoms with Gasteiger partial charge in [0.25, 0.3) is 0 Å². The van der Waals surface area contributed by atoms with Gasteiger partial charge in [0.05, 0.1) is 12.2 Å². The molecule has 0 fully saturated rings. The Hall–Kier alpha value is -2.89. The van der Waals surface area contributed by atoms with Crippen LogP contribution in [0.25, 0.3) is 0 Å². The van der Waals surface area contributed by atoms with E-state index in [2.05, 4.69) is 12.2 Å². The summed E-state index contributed by atoms with van der Waals surface area (Å²) in [6.07, 6.45) is 12.1. The fourth-order valence-corrected chi connectivity index (χ4v) is 3.07. The van der Waals surface area contributed by atoms with Crippen molar-refractivity contribution in [3.05, 3.63) is 53.4 Å². The van der Waals surface area contributed by atoms with Crippen LogP contribution in [0.3, 0.4) is 0 Å². The van der Waals surface area contributed by atoms with Crippen molar-refractivity contribution in [3.8, 4) is 0 Å². The van der Waals surface area contributed by atoms with Crippen LogP contribution in [-0.4, -0.2) is 24.3 Å². The zero-order valence-electron chi connectivity index (χ0n) is 17.9. The Morgan fingerprint density at radius 1 is 1.00 bits per heavy atom. The molecule has 0 aromatic heterocycles. The van der Waals surface area contributed by atoms with Gasteiger partial charge >= 0.3 is 11.9 Å². The van der Waals surface area contributed by atoms with Gasteiger partial charge in [-0.25, -0.2) is 9.59 Å². The van der Waals surface area contributed by atoms with Gasteiger partial charge in [-0.2, -0.15) is 0 Å². The zero-order valence-corrected chi connectivity index (χ0v) is 17.9. The normalized spacial score (nSPS) is 15.0. The number of anilines is 1. The van der Waals surface area contributed by atoms with Crippen LogP contribution in [-0.2, 0) is 19.1 Å². The predicted octanol–water partition coefficient (Wildman–Crippen LogP) is 5.31. The first-order valence-corrected chi connectivity index (χ1v) is 10.7. The van der Waals surface area contributed by atoms with E-state index in [9.17, 15) is 14.4 Å². The van der Waals surface area contributed by atoms with Gasteiger partial charge in [-0.05, 0) is 37.6 Å². The summed E-state index contributed by atoms with van der Waals surface area (Å²) in [5, 5.41) is 2.88. The molecule has 1 aliphatic heterocycles. The van der Waals surface area contributed by atoms with Crippen LogP contribution in [0.4, 0.5) is 5.69 Å². The number of nitrogens with one attached hydrogen (secondary N) is 1. The number of esters is 2.